The monoisotopic (exact) mass is 227 g/mol. The minimum atomic E-state index is -1.04. The molecule has 2 aliphatic carbocycles. The molecular weight excluding hydrogens is 210 g/mol. The maximum absolute atomic E-state index is 11.7. The van der Waals surface area contributed by atoms with Crippen molar-refractivity contribution < 1.29 is 19.4 Å². The molecule has 5 heteroatoms. The third-order valence-electron chi connectivity index (χ3n) is 3.73. The Labute approximate surface area is 94.2 Å². The van der Waals surface area contributed by atoms with Gasteiger partial charge >= 0.3 is 5.97 Å². The largest absolute Gasteiger partial charge is 0.479 e. The highest BCUT2D eigenvalue weighted by atomic mass is 16.5. The quantitative estimate of drug-likeness (QED) is 0.706. The predicted molar refractivity (Wildman–Crippen MR) is 55.8 cm³/mol. The number of ether oxygens (including phenoxy) is 1. The van der Waals surface area contributed by atoms with Crippen molar-refractivity contribution in [3.8, 4) is 0 Å². The maximum Gasteiger partial charge on any atom is 0.334 e. The molecule has 3 unspecified atom stereocenters. The van der Waals surface area contributed by atoms with E-state index >= 15 is 0 Å². The second-order valence-corrected chi connectivity index (χ2v) is 4.59. The van der Waals surface area contributed by atoms with E-state index in [-0.39, 0.29) is 18.4 Å². The van der Waals surface area contributed by atoms with Gasteiger partial charge in [-0.3, -0.25) is 4.79 Å². The second kappa shape index (κ2) is 4.41. The SMILES string of the molecule is COC(CNC(=O)C1C2CCCC21)C(=O)O. The van der Waals surface area contributed by atoms with Crippen LogP contribution < -0.4 is 5.32 Å². The van der Waals surface area contributed by atoms with Crippen LogP contribution in [0.3, 0.4) is 0 Å². The molecule has 0 spiro atoms. The number of carboxylic acids is 1. The number of nitrogens with one attached hydrogen (secondary N) is 1. The normalized spacial score (nSPS) is 32.9. The highest BCUT2D eigenvalue weighted by Crippen LogP contribution is 2.57. The first kappa shape index (κ1) is 11.4. The summed E-state index contributed by atoms with van der Waals surface area (Å²) in [6.45, 7) is 0.0562. The van der Waals surface area contributed by atoms with E-state index in [1.54, 1.807) is 0 Å². The van der Waals surface area contributed by atoms with Gasteiger partial charge in [0.15, 0.2) is 6.10 Å². The summed E-state index contributed by atoms with van der Waals surface area (Å²) >= 11 is 0. The molecule has 2 saturated carbocycles. The summed E-state index contributed by atoms with van der Waals surface area (Å²) in [5.74, 6) is 0.216. The maximum atomic E-state index is 11.7. The first-order valence-corrected chi connectivity index (χ1v) is 5.68. The Morgan fingerprint density at radius 3 is 2.56 bits per heavy atom. The van der Waals surface area contributed by atoms with Crippen molar-refractivity contribution in [2.75, 3.05) is 13.7 Å². The van der Waals surface area contributed by atoms with Crippen LogP contribution in [0.4, 0.5) is 0 Å². The van der Waals surface area contributed by atoms with Gasteiger partial charge in [-0.05, 0) is 24.7 Å². The fraction of sp³-hybridized carbons (Fsp3) is 0.818. The Hall–Kier alpha value is -1.10. The van der Waals surface area contributed by atoms with Gasteiger partial charge in [-0.25, -0.2) is 4.79 Å². The molecule has 3 atom stereocenters. The fourth-order valence-electron chi connectivity index (χ4n) is 2.79. The molecule has 2 fully saturated rings. The van der Waals surface area contributed by atoms with E-state index in [4.69, 9.17) is 9.84 Å². The third-order valence-corrected chi connectivity index (χ3v) is 3.73. The summed E-state index contributed by atoms with van der Waals surface area (Å²) < 4.78 is 4.74. The molecule has 0 saturated heterocycles. The number of amides is 1. The molecule has 1 amide bonds. The molecule has 16 heavy (non-hydrogen) atoms. The van der Waals surface area contributed by atoms with Crippen LogP contribution in [0.2, 0.25) is 0 Å². The van der Waals surface area contributed by atoms with Crippen LogP contribution in [0.1, 0.15) is 19.3 Å². The lowest BCUT2D eigenvalue weighted by molar-refractivity contribution is -0.148. The van der Waals surface area contributed by atoms with Gasteiger partial charge in [-0.1, -0.05) is 6.42 Å². The predicted octanol–water partition coefficient (Wildman–Crippen LogP) is 0.248. The zero-order valence-corrected chi connectivity index (χ0v) is 9.31. The minimum Gasteiger partial charge on any atom is -0.479 e. The number of fused-ring (bicyclic) bond motifs is 1. The van der Waals surface area contributed by atoms with Gasteiger partial charge in [0.2, 0.25) is 5.91 Å². The summed E-state index contributed by atoms with van der Waals surface area (Å²) in [5, 5.41) is 11.4. The molecule has 0 aromatic heterocycles. The molecule has 0 bridgehead atoms. The van der Waals surface area contributed by atoms with Gasteiger partial charge in [-0.15, -0.1) is 0 Å². The van der Waals surface area contributed by atoms with Gasteiger partial charge < -0.3 is 15.2 Å². The van der Waals surface area contributed by atoms with Gasteiger partial charge in [0, 0.05) is 13.0 Å². The second-order valence-electron chi connectivity index (χ2n) is 4.59. The number of carboxylic acid groups (broad SMARTS) is 1. The van der Waals surface area contributed by atoms with Crippen molar-refractivity contribution in [1.82, 2.24) is 5.32 Å². The number of rotatable bonds is 5. The number of carbonyl (C=O) groups is 2. The summed E-state index contributed by atoms with van der Waals surface area (Å²) in [7, 11) is 1.33. The van der Waals surface area contributed by atoms with Crippen LogP contribution in [0.15, 0.2) is 0 Å². The Morgan fingerprint density at radius 1 is 1.44 bits per heavy atom. The third kappa shape index (κ3) is 2.04. The zero-order chi connectivity index (χ0) is 11.7. The molecule has 0 heterocycles. The number of carbonyl (C=O) groups excluding carboxylic acids is 1. The first-order chi connectivity index (χ1) is 7.65. The van der Waals surface area contributed by atoms with Gasteiger partial charge in [0.05, 0.1) is 6.54 Å². The summed E-state index contributed by atoms with van der Waals surface area (Å²) in [6.07, 6.45) is 2.59. The molecule has 2 N–H and O–H groups in total. The van der Waals surface area contributed by atoms with Crippen LogP contribution in [-0.4, -0.2) is 36.7 Å². The smallest absolute Gasteiger partial charge is 0.334 e. The van der Waals surface area contributed by atoms with E-state index in [1.165, 1.54) is 13.5 Å². The van der Waals surface area contributed by atoms with Crippen molar-refractivity contribution in [2.45, 2.75) is 25.4 Å². The Morgan fingerprint density at radius 2 is 2.06 bits per heavy atom. The lowest BCUT2D eigenvalue weighted by Gasteiger charge is -2.12. The lowest BCUT2D eigenvalue weighted by atomic mass is 10.1. The van der Waals surface area contributed by atoms with Crippen LogP contribution in [-0.2, 0) is 14.3 Å². The van der Waals surface area contributed by atoms with Crippen molar-refractivity contribution in [3.63, 3.8) is 0 Å². The van der Waals surface area contributed by atoms with Gasteiger partial charge in [0.1, 0.15) is 0 Å². The topological polar surface area (TPSA) is 75.6 Å². The Bertz CT molecular complexity index is 294. The van der Waals surface area contributed by atoms with E-state index < -0.39 is 12.1 Å². The van der Waals surface area contributed by atoms with Crippen molar-refractivity contribution >= 4 is 11.9 Å². The van der Waals surface area contributed by atoms with Crippen LogP contribution >= 0.6 is 0 Å². The van der Waals surface area contributed by atoms with Gasteiger partial charge in [-0.2, -0.15) is 0 Å². The zero-order valence-electron chi connectivity index (χ0n) is 9.31. The molecular formula is C11H17NO4. The van der Waals surface area contributed by atoms with E-state index in [2.05, 4.69) is 5.32 Å². The van der Waals surface area contributed by atoms with Crippen molar-refractivity contribution in [2.24, 2.45) is 17.8 Å². The first-order valence-electron chi connectivity index (χ1n) is 5.68. The molecule has 5 nitrogen and oxygen atoms in total. The number of hydrogen-bond donors (Lipinski definition) is 2. The standard InChI is InChI=1S/C11H17NO4/c1-16-8(11(14)15)5-12-10(13)9-6-3-2-4-7(6)9/h6-9H,2-5H2,1H3,(H,12,13)(H,14,15). The van der Waals surface area contributed by atoms with E-state index in [0.717, 1.165) is 12.8 Å². The number of methoxy groups -OCH3 is 1. The molecule has 90 valence electrons. The molecule has 0 radical (unpaired) electrons. The summed E-state index contributed by atoms with van der Waals surface area (Å²) in [6, 6.07) is 0. The molecule has 2 rings (SSSR count). The van der Waals surface area contributed by atoms with Crippen LogP contribution in [0.25, 0.3) is 0 Å². The minimum absolute atomic E-state index is 0.00185. The van der Waals surface area contributed by atoms with Crippen LogP contribution in [0.5, 0.6) is 0 Å². The Kier molecular flexibility index (Phi) is 3.14. The van der Waals surface area contributed by atoms with Crippen molar-refractivity contribution in [1.29, 1.82) is 0 Å². The summed E-state index contributed by atoms with van der Waals surface area (Å²) in [5.41, 5.74) is 0. The highest BCUT2D eigenvalue weighted by Gasteiger charge is 2.56. The highest BCUT2D eigenvalue weighted by molar-refractivity contribution is 5.83. The van der Waals surface area contributed by atoms with Gasteiger partial charge in [0.25, 0.3) is 0 Å². The number of hydrogen-bond acceptors (Lipinski definition) is 3. The average molecular weight is 227 g/mol. The lowest BCUT2D eigenvalue weighted by Crippen LogP contribution is -2.39. The summed E-state index contributed by atoms with van der Waals surface area (Å²) in [4.78, 5) is 22.4. The van der Waals surface area contributed by atoms with E-state index in [9.17, 15) is 9.59 Å². The van der Waals surface area contributed by atoms with Crippen LogP contribution in [0, 0.1) is 17.8 Å². The number of aliphatic carboxylic acids is 1. The molecule has 0 aromatic rings. The molecule has 0 aromatic carbocycles. The van der Waals surface area contributed by atoms with E-state index in [0.29, 0.717) is 11.8 Å². The fourth-order valence-corrected chi connectivity index (χ4v) is 2.79. The average Bonchev–Trinajstić information content (AvgIpc) is 2.73. The Balaban J connectivity index is 1.74. The molecule has 2 aliphatic rings. The molecule has 0 aliphatic heterocycles. The van der Waals surface area contributed by atoms with E-state index in [1.807, 2.05) is 0 Å². The van der Waals surface area contributed by atoms with Crippen molar-refractivity contribution in [3.05, 3.63) is 0 Å².